The van der Waals surface area contributed by atoms with Crippen LogP contribution < -0.4 is 11.5 Å². The third kappa shape index (κ3) is 5.72. The van der Waals surface area contributed by atoms with E-state index >= 15 is 0 Å². The molecule has 0 fully saturated rings. The molecule has 0 radical (unpaired) electrons. The summed E-state index contributed by atoms with van der Waals surface area (Å²) in [6.45, 7) is 1.37. The molecule has 8 heteroatoms. The van der Waals surface area contributed by atoms with Gasteiger partial charge in [-0.05, 0) is 24.3 Å². The minimum Gasteiger partial charge on any atom is -0.327 e. The predicted octanol–water partition coefficient (Wildman–Crippen LogP) is 2.87. The summed E-state index contributed by atoms with van der Waals surface area (Å²) in [5.41, 5.74) is 11.7. The smallest absolute Gasteiger partial charge is 0.261 e. The molecule has 0 aliphatic carbocycles. The highest BCUT2D eigenvalue weighted by Crippen LogP contribution is 2.23. The molecule has 0 unspecified atom stereocenters. The van der Waals surface area contributed by atoms with Crippen molar-refractivity contribution in [3.05, 3.63) is 95.1 Å². The molecular weight excluding hydrogens is 432 g/mol. The number of hydrogen-bond acceptors (Lipinski definition) is 6. The van der Waals surface area contributed by atoms with Crippen LogP contribution in [0.25, 0.3) is 0 Å². The Kier molecular flexibility index (Phi) is 10.7. The van der Waals surface area contributed by atoms with Crippen molar-refractivity contribution in [1.29, 1.82) is 0 Å². The minimum absolute atomic E-state index is 0. The third-order valence-corrected chi connectivity index (χ3v) is 4.94. The van der Waals surface area contributed by atoms with Crippen LogP contribution in [0.5, 0.6) is 0 Å². The van der Waals surface area contributed by atoms with Gasteiger partial charge in [-0.1, -0.05) is 63.4 Å². The maximum atomic E-state index is 12.3. The number of nitrogens with two attached hydrogens (primary N) is 2. The van der Waals surface area contributed by atoms with Gasteiger partial charge in [0.1, 0.15) is 0 Å². The van der Waals surface area contributed by atoms with Crippen LogP contribution in [0, 0.1) is 0 Å². The normalized spacial score (nSPS) is 14.1. The van der Waals surface area contributed by atoms with Crippen LogP contribution >= 0.6 is 0 Å². The van der Waals surface area contributed by atoms with Crippen LogP contribution in [0.15, 0.2) is 72.8 Å². The van der Waals surface area contributed by atoms with E-state index in [1.54, 1.807) is 60.7 Å². The highest BCUT2D eigenvalue weighted by molar-refractivity contribution is 6.22. The molecule has 4 rings (SSSR count). The van der Waals surface area contributed by atoms with Crippen molar-refractivity contribution in [2.45, 2.75) is 14.9 Å². The van der Waals surface area contributed by atoms with E-state index in [4.69, 9.17) is 11.5 Å². The summed E-state index contributed by atoms with van der Waals surface area (Å²) in [7, 11) is 0. The van der Waals surface area contributed by atoms with E-state index in [2.05, 4.69) is 0 Å². The van der Waals surface area contributed by atoms with Gasteiger partial charge in [0.25, 0.3) is 23.6 Å². The fourth-order valence-electron chi connectivity index (χ4n) is 3.36. The van der Waals surface area contributed by atoms with Gasteiger partial charge in [0.15, 0.2) is 0 Å². The Labute approximate surface area is 200 Å². The van der Waals surface area contributed by atoms with Crippen molar-refractivity contribution < 1.29 is 19.2 Å². The van der Waals surface area contributed by atoms with E-state index in [0.717, 1.165) is 9.80 Å². The number of nitrogens with zero attached hydrogens (tertiary/aromatic N) is 2. The van der Waals surface area contributed by atoms with Crippen molar-refractivity contribution in [3.8, 4) is 0 Å². The van der Waals surface area contributed by atoms with Crippen LogP contribution in [-0.4, -0.2) is 59.6 Å². The van der Waals surface area contributed by atoms with E-state index in [9.17, 15) is 19.2 Å². The molecule has 2 aliphatic rings. The van der Waals surface area contributed by atoms with Gasteiger partial charge in [0.2, 0.25) is 0 Å². The minimum atomic E-state index is -0.337. The standard InChI is InChI=1S/C20H14N2O4.C4H10N2.2CH4/c23-17-13-7-1-2-8-14(13)18(24)21(17)11-5-6-12-22-19(25)15-9-3-4-10-16(15)20(22)26;5-3-1-2-4-6;;/h1-10H,11-12H2;1-2H,3-6H2;2*1H4/b6-5-;2-1-;;. The highest BCUT2D eigenvalue weighted by atomic mass is 16.2. The number of hydrogen-bond donors (Lipinski definition) is 2. The predicted molar refractivity (Wildman–Crippen MR) is 133 cm³/mol. The second-order valence-corrected chi connectivity index (χ2v) is 6.95. The van der Waals surface area contributed by atoms with Gasteiger partial charge in [-0.25, -0.2) is 0 Å². The van der Waals surface area contributed by atoms with Crippen LogP contribution in [-0.2, 0) is 0 Å². The van der Waals surface area contributed by atoms with Crippen molar-refractivity contribution in [2.75, 3.05) is 26.2 Å². The molecule has 2 heterocycles. The van der Waals surface area contributed by atoms with E-state index in [-0.39, 0.29) is 51.6 Å². The molecule has 4 N–H and O–H groups in total. The maximum absolute atomic E-state index is 12.3. The molecule has 0 aromatic heterocycles. The van der Waals surface area contributed by atoms with E-state index < -0.39 is 0 Å². The number of carbonyl (C=O) groups excluding carboxylic acids is 4. The van der Waals surface area contributed by atoms with E-state index in [0.29, 0.717) is 35.3 Å². The molecule has 2 aliphatic heterocycles. The Morgan fingerprint density at radius 1 is 0.529 bits per heavy atom. The monoisotopic (exact) mass is 464 g/mol. The largest absolute Gasteiger partial charge is 0.327 e. The molecule has 0 atom stereocenters. The molecule has 0 bridgehead atoms. The first-order valence-corrected chi connectivity index (χ1v) is 10.1. The molecule has 0 spiro atoms. The van der Waals surface area contributed by atoms with Crippen molar-refractivity contribution in [1.82, 2.24) is 9.80 Å². The Bertz CT molecular complexity index is 952. The molecule has 8 nitrogen and oxygen atoms in total. The zero-order valence-corrected chi connectivity index (χ0v) is 17.4. The first kappa shape index (κ1) is 28.2. The zero-order valence-electron chi connectivity index (χ0n) is 17.4. The topological polar surface area (TPSA) is 127 Å². The molecule has 34 heavy (non-hydrogen) atoms. The maximum Gasteiger partial charge on any atom is 0.261 e. The summed E-state index contributed by atoms with van der Waals surface area (Å²) in [4.78, 5) is 51.3. The molecule has 0 saturated heterocycles. The van der Waals surface area contributed by atoms with Crippen LogP contribution in [0.2, 0.25) is 0 Å². The summed E-state index contributed by atoms with van der Waals surface area (Å²) < 4.78 is 0. The van der Waals surface area contributed by atoms with Crippen LogP contribution in [0.1, 0.15) is 56.3 Å². The summed E-state index contributed by atoms with van der Waals surface area (Å²) >= 11 is 0. The van der Waals surface area contributed by atoms with Gasteiger partial charge in [-0.2, -0.15) is 0 Å². The SMILES string of the molecule is C.C.NC/C=C\CN.O=C1c2ccccc2C(=O)N1C/C=C\CN1C(=O)c2ccccc2C1=O. The lowest BCUT2D eigenvalue weighted by molar-refractivity contribution is 0.0651. The van der Waals surface area contributed by atoms with Gasteiger partial charge in [-0.3, -0.25) is 29.0 Å². The Morgan fingerprint density at radius 2 is 0.794 bits per heavy atom. The zero-order chi connectivity index (χ0) is 23.1. The molecular formula is C26H32N4O4. The van der Waals surface area contributed by atoms with Gasteiger partial charge < -0.3 is 11.5 Å². The number of imide groups is 2. The molecule has 180 valence electrons. The third-order valence-electron chi connectivity index (χ3n) is 4.94. The molecule has 4 amide bonds. The molecule has 0 saturated carbocycles. The van der Waals surface area contributed by atoms with Crippen molar-refractivity contribution >= 4 is 23.6 Å². The highest BCUT2D eigenvalue weighted by Gasteiger charge is 2.35. The van der Waals surface area contributed by atoms with Crippen LogP contribution in [0.3, 0.4) is 0 Å². The van der Waals surface area contributed by atoms with Gasteiger partial charge in [0.05, 0.1) is 22.3 Å². The van der Waals surface area contributed by atoms with Crippen molar-refractivity contribution in [3.63, 3.8) is 0 Å². The average Bonchev–Trinajstić information content (AvgIpc) is 3.21. The summed E-state index contributed by atoms with van der Waals surface area (Å²) in [6.07, 6.45) is 6.90. The average molecular weight is 465 g/mol. The fraction of sp³-hybridized carbons (Fsp3) is 0.231. The van der Waals surface area contributed by atoms with Crippen molar-refractivity contribution in [2.24, 2.45) is 11.5 Å². The second kappa shape index (κ2) is 13.0. The quantitative estimate of drug-likeness (QED) is 0.500. The molecule has 2 aromatic rings. The number of carbonyl (C=O) groups is 4. The number of amides is 4. The van der Waals surface area contributed by atoms with Gasteiger partial charge in [-0.15, -0.1) is 0 Å². The van der Waals surface area contributed by atoms with E-state index in [1.807, 2.05) is 12.2 Å². The lowest BCUT2D eigenvalue weighted by Crippen LogP contribution is -2.31. The Morgan fingerprint density at radius 3 is 1.03 bits per heavy atom. The Balaban J connectivity index is 0.000000647. The van der Waals surface area contributed by atoms with Gasteiger partial charge >= 0.3 is 0 Å². The van der Waals surface area contributed by atoms with Gasteiger partial charge in [0, 0.05) is 26.2 Å². The first-order valence-electron chi connectivity index (χ1n) is 10.1. The lowest BCUT2D eigenvalue weighted by Gasteiger charge is -2.12. The summed E-state index contributed by atoms with van der Waals surface area (Å²) in [6, 6.07) is 13.3. The first-order chi connectivity index (χ1) is 15.5. The number of benzene rings is 2. The summed E-state index contributed by atoms with van der Waals surface area (Å²) in [5.74, 6) is -1.35. The lowest BCUT2D eigenvalue weighted by atomic mass is 10.1. The van der Waals surface area contributed by atoms with E-state index in [1.165, 1.54) is 0 Å². The fourth-order valence-corrected chi connectivity index (χ4v) is 3.36. The Hall–Kier alpha value is -3.88. The van der Waals surface area contributed by atoms with Crippen LogP contribution in [0.4, 0.5) is 0 Å². The number of fused-ring (bicyclic) bond motifs is 2. The number of rotatable bonds is 6. The molecule has 2 aromatic carbocycles. The summed E-state index contributed by atoms with van der Waals surface area (Å²) in [5, 5.41) is 0. The second-order valence-electron chi connectivity index (χ2n) is 6.95.